The zero-order valence-electron chi connectivity index (χ0n) is 9.64. The van der Waals surface area contributed by atoms with Crippen LogP contribution < -0.4 is 16.4 Å². The zero-order chi connectivity index (χ0) is 12.6. The van der Waals surface area contributed by atoms with E-state index in [0.29, 0.717) is 12.2 Å². The summed E-state index contributed by atoms with van der Waals surface area (Å²) < 4.78 is 0. The molecular weight excluding hydrogens is 218 g/mol. The third kappa shape index (κ3) is 1.95. The molecule has 1 aromatic rings. The summed E-state index contributed by atoms with van der Waals surface area (Å²) in [5.41, 5.74) is 13.3. The van der Waals surface area contributed by atoms with Gasteiger partial charge in [0, 0.05) is 24.3 Å². The van der Waals surface area contributed by atoms with Crippen molar-refractivity contribution < 1.29 is 9.59 Å². The van der Waals surface area contributed by atoms with E-state index in [9.17, 15) is 9.59 Å². The highest BCUT2D eigenvalue weighted by molar-refractivity contribution is 6.01. The number of benzene rings is 1. The summed E-state index contributed by atoms with van der Waals surface area (Å²) in [6, 6.07) is 5.40. The van der Waals surface area contributed by atoms with Crippen molar-refractivity contribution in [3.63, 3.8) is 0 Å². The number of hydrogen-bond acceptors (Lipinski definition) is 3. The molecule has 1 aliphatic rings. The lowest BCUT2D eigenvalue weighted by Gasteiger charge is -2.19. The van der Waals surface area contributed by atoms with Crippen LogP contribution in [0.2, 0.25) is 0 Å². The van der Waals surface area contributed by atoms with Gasteiger partial charge >= 0.3 is 0 Å². The van der Waals surface area contributed by atoms with Crippen LogP contribution in [0.25, 0.3) is 0 Å². The molecule has 0 spiro atoms. The monoisotopic (exact) mass is 233 g/mol. The number of nitrogens with zero attached hydrogens (tertiary/aromatic N) is 1. The molecule has 4 N–H and O–H groups in total. The molecule has 0 radical (unpaired) electrons. The van der Waals surface area contributed by atoms with Crippen molar-refractivity contribution in [1.29, 1.82) is 0 Å². The number of nitrogens with two attached hydrogens (primary N) is 2. The normalized spacial score (nSPS) is 19.7. The molecule has 1 aliphatic heterocycles. The van der Waals surface area contributed by atoms with Crippen LogP contribution in [-0.2, 0) is 9.59 Å². The fourth-order valence-electron chi connectivity index (χ4n) is 2.06. The van der Waals surface area contributed by atoms with Gasteiger partial charge in [-0.15, -0.1) is 0 Å². The molecule has 5 nitrogen and oxygen atoms in total. The van der Waals surface area contributed by atoms with Gasteiger partial charge in [-0.3, -0.25) is 9.59 Å². The topological polar surface area (TPSA) is 89.4 Å². The van der Waals surface area contributed by atoms with E-state index in [2.05, 4.69) is 0 Å². The lowest BCUT2D eigenvalue weighted by Crippen LogP contribution is -2.28. The summed E-state index contributed by atoms with van der Waals surface area (Å²) in [6.07, 6.45) is 0.184. The molecule has 0 bridgehead atoms. The Balaban J connectivity index is 2.32. The standard InChI is InChI=1S/C12H15N3O2/c1-7-9(13)3-2-4-10(7)15-6-8(12(14)17)5-11(15)16/h2-4,8H,5-6,13H2,1H3,(H2,14,17)/t8-/m0/s1. The number of carbonyl (C=O) groups excluding carboxylic acids is 2. The van der Waals surface area contributed by atoms with Crippen molar-refractivity contribution >= 4 is 23.2 Å². The van der Waals surface area contributed by atoms with Crippen LogP contribution in [0.1, 0.15) is 12.0 Å². The van der Waals surface area contributed by atoms with Crippen molar-refractivity contribution in [3.05, 3.63) is 23.8 Å². The molecule has 1 fully saturated rings. The van der Waals surface area contributed by atoms with Crippen LogP contribution in [0.3, 0.4) is 0 Å². The number of hydrogen-bond donors (Lipinski definition) is 2. The second kappa shape index (κ2) is 4.08. The summed E-state index contributed by atoms with van der Waals surface area (Å²) >= 11 is 0. The Bertz CT molecular complexity index is 485. The second-order valence-corrected chi connectivity index (χ2v) is 4.30. The third-order valence-corrected chi connectivity index (χ3v) is 3.17. The highest BCUT2D eigenvalue weighted by atomic mass is 16.2. The maximum Gasteiger partial charge on any atom is 0.227 e. The SMILES string of the molecule is Cc1c(N)cccc1N1C[C@@H](C(N)=O)CC1=O. The van der Waals surface area contributed by atoms with Gasteiger partial charge in [0.05, 0.1) is 5.92 Å². The quantitative estimate of drug-likeness (QED) is 0.725. The number of carbonyl (C=O) groups is 2. The Morgan fingerprint density at radius 1 is 1.47 bits per heavy atom. The minimum atomic E-state index is -0.428. The molecule has 1 heterocycles. The summed E-state index contributed by atoms with van der Waals surface area (Å²) in [6.45, 7) is 2.20. The van der Waals surface area contributed by atoms with Crippen molar-refractivity contribution in [2.24, 2.45) is 11.7 Å². The molecule has 1 saturated heterocycles. The molecule has 0 saturated carbocycles. The Kier molecular flexibility index (Phi) is 2.75. The molecule has 2 amide bonds. The lowest BCUT2D eigenvalue weighted by atomic mass is 10.1. The highest BCUT2D eigenvalue weighted by Crippen LogP contribution is 2.30. The van der Waals surface area contributed by atoms with E-state index in [-0.39, 0.29) is 12.3 Å². The maximum absolute atomic E-state index is 11.8. The number of amides is 2. The van der Waals surface area contributed by atoms with E-state index in [1.807, 2.05) is 13.0 Å². The van der Waals surface area contributed by atoms with Crippen molar-refractivity contribution in [3.8, 4) is 0 Å². The summed E-state index contributed by atoms with van der Waals surface area (Å²) in [4.78, 5) is 24.5. The summed E-state index contributed by atoms with van der Waals surface area (Å²) in [5, 5.41) is 0. The van der Waals surface area contributed by atoms with E-state index in [1.165, 1.54) is 0 Å². The molecular formula is C12H15N3O2. The Morgan fingerprint density at radius 2 is 2.18 bits per heavy atom. The summed E-state index contributed by atoms with van der Waals surface area (Å²) in [7, 11) is 0. The molecule has 5 heteroatoms. The van der Waals surface area contributed by atoms with Crippen LogP contribution >= 0.6 is 0 Å². The fourth-order valence-corrected chi connectivity index (χ4v) is 2.06. The van der Waals surface area contributed by atoms with Crippen molar-refractivity contribution in [2.45, 2.75) is 13.3 Å². The molecule has 1 atom stereocenters. The predicted molar refractivity (Wildman–Crippen MR) is 65.2 cm³/mol. The van der Waals surface area contributed by atoms with E-state index in [4.69, 9.17) is 11.5 Å². The van der Waals surface area contributed by atoms with Gasteiger partial charge < -0.3 is 16.4 Å². The first-order valence-electron chi connectivity index (χ1n) is 5.45. The number of primary amides is 1. The Labute approximate surface area is 99.4 Å². The van der Waals surface area contributed by atoms with Gasteiger partial charge in [0.15, 0.2) is 0 Å². The van der Waals surface area contributed by atoms with E-state index < -0.39 is 11.8 Å². The van der Waals surface area contributed by atoms with Gasteiger partial charge in [0.1, 0.15) is 0 Å². The van der Waals surface area contributed by atoms with Gasteiger partial charge in [-0.1, -0.05) is 6.07 Å². The average Bonchev–Trinajstić information content (AvgIpc) is 2.65. The van der Waals surface area contributed by atoms with Crippen LogP contribution in [-0.4, -0.2) is 18.4 Å². The molecule has 2 rings (SSSR count). The van der Waals surface area contributed by atoms with Gasteiger partial charge in [-0.25, -0.2) is 0 Å². The van der Waals surface area contributed by atoms with Crippen molar-refractivity contribution in [2.75, 3.05) is 17.2 Å². The molecule has 17 heavy (non-hydrogen) atoms. The van der Waals surface area contributed by atoms with Crippen molar-refractivity contribution in [1.82, 2.24) is 0 Å². The first kappa shape index (κ1) is 11.4. The smallest absolute Gasteiger partial charge is 0.227 e. The molecule has 1 aromatic carbocycles. The second-order valence-electron chi connectivity index (χ2n) is 4.30. The van der Waals surface area contributed by atoms with E-state index in [0.717, 1.165) is 11.3 Å². The van der Waals surface area contributed by atoms with Crippen LogP contribution in [0.5, 0.6) is 0 Å². The fraction of sp³-hybridized carbons (Fsp3) is 0.333. The van der Waals surface area contributed by atoms with E-state index in [1.54, 1.807) is 17.0 Å². The minimum absolute atomic E-state index is 0.0810. The molecule has 0 aromatic heterocycles. The van der Waals surface area contributed by atoms with Crippen LogP contribution in [0, 0.1) is 12.8 Å². The number of anilines is 2. The van der Waals surface area contributed by atoms with Gasteiger partial charge in [-0.05, 0) is 24.6 Å². The number of rotatable bonds is 2. The van der Waals surface area contributed by atoms with Gasteiger partial charge in [-0.2, -0.15) is 0 Å². The van der Waals surface area contributed by atoms with Gasteiger partial charge in [0.2, 0.25) is 11.8 Å². The van der Waals surface area contributed by atoms with Crippen LogP contribution in [0.15, 0.2) is 18.2 Å². The van der Waals surface area contributed by atoms with E-state index >= 15 is 0 Å². The van der Waals surface area contributed by atoms with Crippen LogP contribution in [0.4, 0.5) is 11.4 Å². The first-order chi connectivity index (χ1) is 8.00. The molecule has 90 valence electrons. The third-order valence-electron chi connectivity index (χ3n) is 3.17. The summed E-state index contributed by atoms with van der Waals surface area (Å²) in [5.74, 6) is -0.909. The maximum atomic E-state index is 11.8. The largest absolute Gasteiger partial charge is 0.398 e. The predicted octanol–water partition coefficient (Wildman–Crippen LogP) is 0.415. The minimum Gasteiger partial charge on any atom is -0.398 e. The number of nitrogen functional groups attached to an aromatic ring is 1. The molecule has 0 unspecified atom stereocenters. The zero-order valence-corrected chi connectivity index (χ0v) is 9.64. The lowest BCUT2D eigenvalue weighted by molar-refractivity contribution is -0.123. The molecule has 0 aliphatic carbocycles. The average molecular weight is 233 g/mol. The highest BCUT2D eigenvalue weighted by Gasteiger charge is 2.34. The van der Waals surface area contributed by atoms with Gasteiger partial charge in [0.25, 0.3) is 0 Å². The Hall–Kier alpha value is -2.04. The first-order valence-corrected chi connectivity index (χ1v) is 5.45. The Morgan fingerprint density at radius 3 is 2.76 bits per heavy atom.